The molecule has 1 aromatic heterocycles. The fraction of sp³-hybridized carbons (Fsp3) is 0.227. The van der Waals surface area contributed by atoms with E-state index >= 15 is 0 Å². The molecule has 1 heterocycles. The van der Waals surface area contributed by atoms with Crippen LogP contribution in [0, 0.1) is 6.92 Å². The van der Waals surface area contributed by atoms with Crippen LogP contribution < -0.4 is 0 Å². The number of fused-ring (bicyclic) bond motifs is 1. The minimum absolute atomic E-state index is 0.179. The molecule has 0 spiro atoms. The molecule has 0 fully saturated rings. The Bertz CT molecular complexity index is 1000. The Labute approximate surface area is 157 Å². The van der Waals surface area contributed by atoms with E-state index in [9.17, 15) is 9.59 Å². The summed E-state index contributed by atoms with van der Waals surface area (Å²) in [6.45, 7) is 1.71. The summed E-state index contributed by atoms with van der Waals surface area (Å²) in [6, 6.07) is 14.6. The molecule has 27 heavy (non-hydrogen) atoms. The summed E-state index contributed by atoms with van der Waals surface area (Å²) in [6.07, 6.45) is 4.95. The molecule has 0 radical (unpaired) electrons. The summed E-state index contributed by atoms with van der Waals surface area (Å²) in [7, 11) is 0. The van der Waals surface area contributed by atoms with Gasteiger partial charge < -0.3 is 4.74 Å². The number of hydrogen-bond acceptors (Lipinski definition) is 4. The molecule has 5 nitrogen and oxygen atoms in total. The monoisotopic (exact) mass is 360 g/mol. The molecule has 4 rings (SSSR count). The molecular weight excluding hydrogens is 340 g/mol. The van der Waals surface area contributed by atoms with Crippen molar-refractivity contribution >= 4 is 11.8 Å². The first-order valence-corrected chi connectivity index (χ1v) is 9.05. The molecule has 0 N–H and O–H groups in total. The topological polar surface area (TPSA) is 61.2 Å². The van der Waals surface area contributed by atoms with Crippen molar-refractivity contribution in [2.45, 2.75) is 26.2 Å². The third-order valence-electron chi connectivity index (χ3n) is 4.93. The van der Waals surface area contributed by atoms with E-state index in [4.69, 9.17) is 4.74 Å². The number of ether oxygens (including phenoxy) is 1. The molecule has 0 aliphatic heterocycles. The molecule has 1 aliphatic rings. The number of esters is 1. The Kier molecular flexibility index (Phi) is 4.59. The molecule has 2 aromatic carbocycles. The van der Waals surface area contributed by atoms with Gasteiger partial charge in [-0.3, -0.25) is 4.79 Å². The summed E-state index contributed by atoms with van der Waals surface area (Å²) < 4.78 is 6.99. The third-order valence-corrected chi connectivity index (χ3v) is 4.93. The van der Waals surface area contributed by atoms with Crippen molar-refractivity contribution in [2.24, 2.45) is 0 Å². The van der Waals surface area contributed by atoms with Crippen LogP contribution in [0.2, 0.25) is 0 Å². The smallest absolute Gasteiger partial charge is 0.338 e. The maximum atomic E-state index is 12.3. The van der Waals surface area contributed by atoms with Gasteiger partial charge in [-0.1, -0.05) is 12.1 Å². The number of carbonyl (C=O) groups is 2. The molecule has 136 valence electrons. The van der Waals surface area contributed by atoms with Crippen LogP contribution in [0.25, 0.3) is 5.69 Å². The quantitative estimate of drug-likeness (QED) is 0.514. The highest BCUT2D eigenvalue weighted by Gasteiger charge is 2.16. The van der Waals surface area contributed by atoms with E-state index in [0.29, 0.717) is 11.1 Å². The van der Waals surface area contributed by atoms with E-state index in [1.54, 1.807) is 35.1 Å². The summed E-state index contributed by atoms with van der Waals surface area (Å²) >= 11 is 0. The van der Waals surface area contributed by atoms with Crippen LogP contribution in [-0.2, 0) is 17.6 Å². The minimum atomic E-state index is -0.506. The predicted molar refractivity (Wildman–Crippen MR) is 101 cm³/mol. The highest BCUT2D eigenvalue weighted by atomic mass is 16.5. The lowest BCUT2D eigenvalue weighted by Gasteiger charge is -2.08. The number of nitrogens with zero attached hydrogens (tertiary/aromatic N) is 2. The van der Waals surface area contributed by atoms with Gasteiger partial charge in [0.2, 0.25) is 0 Å². The highest BCUT2D eigenvalue weighted by molar-refractivity contribution is 5.99. The van der Waals surface area contributed by atoms with Gasteiger partial charge in [-0.15, -0.1) is 0 Å². The van der Waals surface area contributed by atoms with Crippen LogP contribution >= 0.6 is 0 Å². The summed E-state index contributed by atoms with van der Waals surface area (Å²) in [5, 5.41) is 4.23. The van der Waals surface area contributed by atoms with Crippen molar-refractivity contribution in [1.82, 2.24) is 9.78 Å². The van der Waals surface area contributed by atoms with Crippen molar-refractivity contribution in [3.05, 3.63) is 82.7 Å². The Balaban J connectivity index is 1.39. The van der Waals surface area contributed by atoms with Crippen LogP contribution in [0.4, 0.5) is 0 Å². The van der Waals surface area contributed by atoms with Crippen LogP contribution in [0.3, 0.4) is 0 Å². The Morgan fingerprint density at radius 3 is 2.48 bits per heavy atom. The lowest BCUT2D eigenvalue weighted by Crippen LogP contribution is -2.14. The Morgan fingerprint density at radius 2 is 1.74 bits per heavy atom. The molecule has 5 heteroatoms. The molecule has 0 bridgehead atoms. The minimum Gasteiger partial charge on any atom is -0.454 e. The second-order valence-electron chi connectivity index (χ2n) is 6.77. The normalized spacial score (nSPS) is 12.6. The van der Waals surface area contributed by atoms with Gasteiger partial charge in [0.25, 0.3) is 0 Å². The number of ketones is 1. The van der Waals surface area contributed by atoms with Gasteiger partial charge >= 0.3 is 5.97 Å². The van der Waals surface area contributed by atoms with Crippen molar-refractivity contribution in [1.29, 1.82) is 0 Å². The van der Waals surface area contributed by atoms with Crippen LogP contribution in [0.15, 0.2) is 54.7 Å². The number of hydrogen-bond donors (Lipinski definition) is 0. The molecule has 3 aromatic rings. The molecule has 0 saturated carbocycles. The fourth-order valence-electron chi connectivity index (χ4n) is 3.42. The SMILES string of the molecule is Cc1ccnn1-c1ccc(C(=O)OCC(=O)c2ccc3c(c2)CCC3)cc1. The predicted octanol–water partition coefficient (Wildman–Crippen LogP) is 3.71. The van der Waals surface area contributed by atoms with Gasteiger partial charge in [-0.25, -0.2) is 9.48 Å². The molecule has 0 atom stereocenters. The molecular formula is C22H20N2O3. The molecule has 0 saturated heterocycles. The van der Waals surface area contributed by atoms with E-state index in [-0.39, 0.29) is 12.4 Å². The number of rotatable bonds is 5. The van der Waals surface area contributed by atoms with Crippen molar-refractivity contribution in [2.75, 3.05) is 6.61 Å². The van der Waals surface area contributed by atoms with Gasteiger partial charge in [0.05, 0.1) is 11.3 Å². The van der Waals surface area contributed by atoms with Crippen molar-refractivity contribution in [3.8, 4) is 5.69 Å². The second kappa shape index (κ2) is 7.19. The first-order chi connectivity index (χ1) is 13.1. The van der Waals surface area contributed by atoms with Crippen molar-refractivity contribution < 1.29 is 14.3 Å². The molecule has 0 amide bonds. The zero-order valence-corrected chi connectivity index (χ0v) is 15.1. The van der Waals surface area contributed by atoms with Gasteiger partial charge in [0.15, 0.2) is 12.4 Å². The average molecular weight is 360 g/mol. The first kappa shape index (κ1) is 17.2. The average Bonchev–Trinajstić information content (AvgIpc) is 3.34. The number of aromatic nitrogens is 2. The van der Waals surface area contributed by atoms with Crippen LogP contribution in [0.5, 0.6) is 0 Å². The number of carbonyl (C=O) groups excluding carboxylic acids is 2. The lowest BCUT2D eigenvalue weighted by molar-refractivity contribution is 0.0475. The highest BCUT2D eigenvalue weighted by Crippen LogP contribution is 2.23. The van der Waals surface area contributed by atoms with Crippen LogP contribution in [0.1, 0.15) is 44.0 Å². The van der Waals surface area contributed by atoms with Gasteiger partial charge in [-0.2, -0.15) is 5.10 Å². The van der Waals surface area contributed by atoms with E-state index in [2.05, 4.69) is 5.10 Å². The standard InChI is InChI=1S/C22H20N2O3/c1-15-11-12-23-24(15)20-9-7-17(8-10-20)22(26)27-14-21(25)19-6-5-16-3-2-4-18(16)13-19/h5-13H,2-4,14H2,1H3. The van der Waals surface area contributed by atoms with E-state index in [0.717, 1.165) is 30.6 Å². The van der Waals surface area contributed by atoms with Gasteiger partial charge in [0.1, 0.15) is 0 Å². The maximum Gasteiger partial charge on any atom is 0.338 e. The maximum absolute atomic E-state index is 12.3. The lowest BCUT2D eigenvalue weighted by atomic mass is 10.0. The van der Waals surface area contributed by atoms with E-state index in [1.165, 1.54) is 11.1 Å². The summed E-state index contributed by atoms with van der Waals surface area (Å²) in [5.74, 6) is -0.685. The zero-order chi connectivity index (χ0) is 18.8. The number of benzene rings is 2. The third kappa shape index (κ3) is 3.53. The van der Waals surface area contributed by atoms with Crippen molar-refractivity contribution in [3.63, 3.8) is 0 Å². The largest absolute Gasteiger partial charge is 0.454 e. The fourth-order valence-corrected chi connectivity index (χ4v) is 3.42. The summed E-state index contributed by atoms with van der Waals surface area (Å²) in [5.41, 5.74) is 5.43. The Hall–Kier alpha value is -3.21. The van der Waals surface area contributed by atoms with Gasteiger partial charge in [-0.05, 0) is 73.7 Å². The number of aryl methyl sites for hydroxylation is 3. The number of Topliss-reactive ketones (excluding diaryl/α,β-unsaturated/α-hetero) is 1. The molecule has 1 aliphatic carbocycles. The second-order valence-corrected chi connectivity index (χ2v) is 6.77. The van der Waals surface area contributed by atoms with E-state index in [1.807, 2.05) is 31.2 Å². The summed E-state index contributed by atoms with van der Waals surface area (Å²) in [4.78, 5) is 24.6. The van der Waals surface area contributed by atoms with Crippen LogP contribution in [-0.4, -0.2) is 28.1 Å². The van der Waals surface area contributed by atoms with E-state index < -0.39 is 5.97 Å². The Morgan fingerprint density at radius 1 is 1.00 bits per heavy atom. The first-order valence-electron chi connectivity index (χ1n) is 9.05. The van der Waals surface area contributed by atoms with Gasteiger partial charge in [0, 0.05) is 17.5 Å². The zero-order valence-electron chi connectivity index (χ0n) is 15.1. The molecule has 0 unspecified atom stereocenters.